The number of aromatic nitrogens is 2. The van der Waals surface area contributed by atoms with Gasteiger partial charge < -0.3 is 15.1 Å². The minimum atomic E-state index is -4.50. The smallest absolute Gasteiger partial charge is 0.363 e. The number of nitrogens with one attached hydrogen (secondary N) is 1. The van der Waals surface area contributed by atoms with Gasteiger partial charge in [-0.1, -0.05) is 0 Å². The molecule has 1 aromatic heterocycles. The summed E-state index contributed by atoms with van der Waals surface area (Å²) in [7, 11) is 5.39. The first-order chi connectivity index (χ1) is 11.1. The predicted molar refractivity (Wildman–Crippen MR) is 88.4 cm³/mol. The Hall–Kier alpha value is -1.61. The molecule has 1 atom stereocenters. The molecule has 1 fully saturated rings. The summed E-state index contributed by atoms with van der Waals surface area (Å²) in [6, 6.07) is 0.906. The molecule has 0 aliphatic carbocycles. The lowest BCUT2D eigenvalue weighted by atomic mass is 10.2. The third-order valence-corrected chi connectivity index (χ3v) is 3.96. The molecule has 2 rings (SSSR count). The molecule has 2 heterocycles. The zero-order valence-corrected chi connectivity index (χ0v) is 14.6. The van der Waals surface area contributed by atoms with Crippen LogP contribution in [0.25, 0.3) is 0 Å². The number of alkyl halides is 3. The van der Waals surface area contributed by atoms with Crippen LogP contribution in [0.4, 0.5) is 24.9 Å². The van der Waals surface area contributed by atoms with Crippen LogP contribution < -0.4 is 10.2 Å². The Labute approximate surface area is 140 Å². The SMILES string of the molecule is CC(CN1CCN(C)CC1)Nc1nc(N(C)C)cc(C(F)(F)F)n1. The van der Waals surface area contributed by atoms with E-state index in [1.54, 1.807) is 14.1 Å². The van der Waals surface area contributed by atoms with Gasteiger partial charge in [0.1, 0.15) is 5.82 Å². The molecule has 1 aliphatic heterocycles. The Balaban J connectivity index is 2.06. The lowest BCUT2D eigenvalue weighted by Crippen LogP contribution is -2.47. The van der Waals surface area contributed by atoms with E-state index in [1.807, 2.05) is 6.92 Å². The van der Waals surface area contributed by atoms with Gasteiger partial charge in [0.2, 0.25) is 5.95 Å². The Morgan fingerprint density at radius 1 is 1.21 bits per heavy atom. The Kier molecular flexibility index (Phi) is 5.87. The molecule has 1 aliphatic rings. The molecule has 0 aromatic carbocycles. The van der Waals surface area contributed by atoms with Crippen LogP contribution in [-0.2, 0) is 6.18 Å². The topological polar surface area (TPSA) is 47.5 Å². The van der Waals surface area contributed by atoms with Crippen molar-refractivity contribution in [3.05, 3.63) is 11.8 Å². The summed E-state index contributed by atoms with van der Waals surface area (Å²) in [5.74, 6) is 0.238. The van der Waals surface area contributed by atoms with Gasteiger partial charge in [-0.2, -0.15) is 18.2 Å². The quantitative estimate of drug-likeness (QED) is 0.874. The average Bonchev–Trinajstić information content (AvgIpc) is 2.48. The number of piperazine rings is 1. The highest BCUT2D eigenvalue weighted by atomic mass is 19.4. The third kappa shape index (κ3) is 5.20. The summed E-state index contributed by atoms with van der Waals surface area (Å²) in [6.45, 7) is 6.57. The molecule has 1 unspecified atom stereocenters. The Bertz CT molecular complexity index is 541. The first-order valence-corrected chi connectivity index (χ1v) is 7.96. The maximum atomic E-state index is 13.0. The fraction of sp³-hybridized carbons (Fsp3) is 0.733. The van der Waals surface area contributed by atoms with Gasteiger partial charge in [0.25, 0.3) is 0 Å². The molecule has 136 valence electrons. The van der Waals surface area contributed by atoms with Gasteiger partial charge in [0, 0.05) is 58.9 Å². The van der Waals surface area contributed by atoms with Crippen molar-refractivity contribution in [2.45, 2.75) is 19.1 Å². The monoisotopic (exact) mass is 346 g/mol. The summed E-state index contributed by atoms with van der Waals surface area (Å²) in [6.07, 6.45) is -4.50. The van der Waals surface area contributed by atoms with E-state index in [9.17, 15) is 13.2 Å². The number of anilines is 2. The lowest BCUT2D eigenvalue weighted by Gasteiger charge is -2.34. The molecular formula is C15H25F3N6. The van der Waals surface area contributed by atoms with Crippen molar-refractivity contribution in [1.29, 1.82) is 0 Å². The zero-order valence-electron chi connectivity index (χ0n) is 14.6. The van der Waals surface area contributed by atoms with Gasteiger partial charge in [0.05, 0.1) is 0 Å². The summed E-state index contributed by atoms with van der Waals surface area (Å²) >= 11 is 0. The van der Waals surface area contributed by atoms with Crippen LogP contribution >= 0.6 is 0 Å². The van der Waals surface area contributed by atoms with Crippen molar-refractivity contribution in [3.63, 3.8) is 0 Å². The van der Waals surface area contributed by atoms with Crippen LogP contribution in [-0.4, -0.2) is 79.7 Å². The van der Waals surface area contributed by atoms with E-state index in [-0.39, 0.29) is 17.8 Å². The molecule has 1 aromatic rings. The molecule has 0 saturated carbocycles. The Morgan fingerprint density at radius 3 is 2.38 bits per heavy atom. The predicted octanol–water partition coefficient (Wildman–Crippen LogP) is 1.61. The van der Waals surface area contributed by atoms with E-state index < -0.39 is 11.9 Å². The van der Waals surface area contributed by atoms with Crippen molar-refractivity contribution >= 4 is 11.8 Å². The molecule has 9 heteroatoms. The van der Waals surface area contributed by atoms with Gasteiger partial charge in [-0.05, 0) is 14.0 Å². The molecule has 6 nitrogen and oxygen atoms in total. The second-order valence-electron chi connectivity index (χ2n) is 6.48. The lowest BCUT2D eigenvalue weighted by molar-refractivity contribution is -0.141. The third-order valence-electron chi connectivity index (χ3n) is 3.96. The molecule has 0 bridgehead atoms. The van der Waals surface area contributed by atoms with Crippen molar-refractivity contribution in [1.82, 2.24) is 19.8 Å². The van der Waals surface area contributed by atoms with Crippen LogP contribution in [0.1, 0.15) is 12.6 Å². The van der Waals surface area contributed by atoms with Crippen LogP contribution in [0.5, 0.6) is 0 Å². The highest BCUT2D eigenvalue weighted by Crippen LogP contribution is 2.30. The van der Waals surface area contributed by atoms with Crippen LogP contribution in [0.15, 0.2) is 6.07 Å². The van der Waals surface area contributed by atoms with E-state index in [4.69, 9.17) is 0 Å². The highest BCUT2D eigenvalue weighted by molar-refractivity contribution is 5.44. The Morgan fingerprint density at radius 2 is 1.83 bits per heavy atom. The molecule has 1 saturated heterocycles. The van der Waals surface area contributed by atoms with Crippen molar-refractivity contribution in [3.8, 4) is 0 Å². The number of nitrogens with zero attached hydrogens (tertiary/aromatic N) is 5. The van der Waals surface area contributed by atoms with Gasteiger partial charge >= 0.3 is 6.18 Å². The summed E-state index contributed by atoms with van der Waals surface area (Å²) in [4.78, 5) is 13.9. The van der Waals surface area contributed by atoms with Gasteiger partial charge in [-0.25, -0.2) is 4.98 Å². The molecule has 0 amide bonds. The molecule has 1 N–H and O–H groups in total. The first-order valence-electron chi connectivity index (χ1n) is 7.96. The number of hydrogen-bond donors (Lipinski definition) is 1. The van der Waals surface area contributed by atoms with Crippen molar-refractivity contribution < 1.29 is 13.2 Å². The zero-order chi connectivity index (χ0) is 17.9. The van der Waals surface area contributed by atoms with E-state index in [1.165, 1.54) is 4.90 Å². The normalized spacial score (nSPS) is 18.5. The fourth-order valence-electron chi connectivity index (χ4n) is 2.56. The number of rotatable bonds is 5. The van der Waals surface area contributed by atoms with Gasteiger partial charge in [-0.15, -0.1) is 0 Å². The average molecular weight is 346 g/mol. The summed E-state index contributed by atoms with van der Waals surface area (Å²) < 4.78 is 39.0. The second-order valence-corrected chi connectivity index (χ2v) is 6.48. The molecule has 0 spiro atoms. The fourth-order valence-corrected chi connectivity index (χ4v) is 2.56. The summed E-state index contributed by atoms with van der Waals surface area (Å²) in [5.41, 5.74) is -0.935. The number of likely N-dealkylation sites (N-methyl/N-ethyl adjacent to an activating group) is 1. The van der Waals surface area contributed by atoms with E-state index in [0.29, 0.717) is 0 Å². The largest absolute Gasteiger partial charge is 0.433 e. The number of hydrogen-bond acceptors (Lipinski definition) is 6. The van der Waals surface area contributed by atoms with Crippen LogP contribution in [0, 0.1) is 0 Å². The molecule has 24 heavy (non-hydrogen) atoms. The summed E-state index contributed by atoms with van der Waals surface area (Å²) in [5, 5.41) is 3.00. The molecule has 0 radical (unpaired) electrons. The number of halogens is 3. The maximum Gasteiger partial charge on any atom is 0.433 e. The van der Waals surface area contributed by atoms with Gasteiger partial charge in [0.15, 0.2) is 5.69 Å². The first kappa shape index (κ1) is 18.7. The minimum Gasteiger partial charge on any atom is -0.363 e. The van der Waals surface area contributed by atoms with E-state index in [2.05, 4.69) is 32.1 Å². The second kappa shape index (κ2) is 7.52. The van der Waals surface area contributed by atoms with Crippen LogP contribution in [0.2, 0.25) is 0 Å². The van der Waals surface area contributed by atoms with E-state index in [0.717, 1.165) is 38.8 Å². The van der Waals surface area contributed by atoms with Crippen molar-refractivity contribution in [2.24, 2.45) is 0 Å². The van der Waals surface area contributed by atoms with Crippen molar-refractivity contribution in [2.75, 3.05) is 64.1 Å². The van der Waals surface area contributed by atoms with E-state index >= 15 is 0 Å². The standard InChI is InChI=1S/C15H25F3N6/c1-11(10-24-7-5-23(4)6-8-24)19-14-20-12(15(16,17)18)9-13(21-14)22(2)3/h9,11H,5-8,10H2,1-4H3,(H,19,20,21). The molecular weight excluding hydrogens is 321 g/mol. The van der Waals surface area contributed by atoms with Crippen LogP contribution in [0.3, 0.4) is 0 Å². The highest BCUT2D eigenvalue weighted by Gasteiger charge is 2.34. The maximum absolute atomic E-state index is 13.0. The minimum absolute atomic E-state index is 0.00940. The van der Waals surface area contributed by atoms with Gasteiger partial charge in [-0.3, -0.25) is 4.90 Å².